The highest BCUT2D eigenvalue weighted by atomic mass is 16.5. The molecule has 3 heteroatoms. The summed E-state index contributed by atoms with van der Waals surface area (Å²) in [6.07, 6.45) is 1.08. The largest absolute Gasteiger partial charge is 0.497 e. The zero-order valence-corrected chi connectivity index (χ0v) is 10.3. The van der Waals surface area contributed by atoms with Gasteiger partial charge in [-0.1, -0.05) is 20.3 Å². The first-order valence-corrected chi connectivity index (χ1v) is 5.69. The SMILES string of the molecule is CCC(C)C(N)COc1ccc(OC)cc1. The van der Waals surface area contributed by atoms with Crippen LogP contribution in [-0.2, 0) is 0 Å². The maximum absolute atomic E-state index is 5.98. The molecule has 16 heavy (non-hydrogen) atoms. The molecular weight excluding hydrogens is 202 g/mol. The lowest BCUT2D eigenvalue weighted by Crippen LogP contribution is -2.34. The van der Waals surface area contributed by atoms with Gasteiger partial charge in [-0.2, -0.15) is 0 Å². The van der Waals surface area contributed by atoms with E-state index in [1.807, 2.05) is 24.3 Å². The first-order chi connectivity index (χ1) is 7.67. The van der Waals surface area contributed by atoms with E-state index in [-0.39, 0.29) is 6.04 Å². The molecule has 2 N–H and O–H groups in total. The second kappa shape index (κ2) is 6.38. The number of ether oxygens (including phenoxy) is 2. The van der Waals surface area contributed by atoms with E-state index in [0.29, 0.717) is 12.5 Å². The number of rotatable bonds is 6. The van der Waals surface area contributed by atoms with Gasteiger partial charge in [0.05, 0.1) is 7.11 Å². The van der Waals surface area contributed by atoms with Crippen LogP contribution >= 0.6 is 0 Å². The Bertz CT molecular complexity index is 297. The fraction of sp³-hybridized carbons (Fsp3) is 0.538. The summed E-state index contributed by atoms with van der Waals surface area (Å²) in [4.78, 5) is 0. The van der Waals surface area contributed by atoms with Gasteiger partial charge in [0.25, 0.3) is 0 Å². The average Bonchev–Trinajstić information content (AvgIpc) is 2.35. The van der Waals surface area contributed by atoms with E-state index >= 15 is 0 Å². The van der Waals surface area contributed by atoms with E-state index in [0.717, 1.165) is 17.9 Å². The first kappa shape index (κ1) is 12.8. The zero-order chi connectivity index (χ0) is 12.0. The van der Waals surface area contributed by atoms with Crippen LogP contribution in [0.4, 0.5) is 0 Å². The summed E-state index contributed by atoms with van der Waals surface area (Å²) < 4.78 is 10.7. The standard InChI is InChI=1S/C13H21NO2/c1-4-10(2)13(14)9-16-12-7-5-11(15-3)6-8-12/h5-8,10,13H,4,9,14H2,1-3H3. The van der Waals surface area contributed by atoms with Crippen molar-refractivity contribution in [3.8, 4) is 11.5 Å². The molecule has 0 saturated carbocycles. The predicted octanol–water partition coefficient (Wildman–Crippen LogP) is 2.45. The van der Waals surface area contributed by atoms with Gasteiger partial charge >= 0.3 is 0 Å². The van der Waals surface area contributed by atoms with Crippen molar-refractivity contribution in [2.24, 2.45) is 11.7 Å². The van der Waals surface area contributed by atoms with E-state index in [4.69, 9.17) is 15.2 Å². The molecule has 1 aromatic carbocycles. The highest BCUT2D eigenvalue weighted by Crippen LogP contribution is 2.17. The molecule has 0 heterocycles. The summed E-state index contributed by atoms with van der Waals surface area (Å²) in [5.41, 5.74) is 5.98. The molecule has 2 atom stereocenters. The Hall–Kier alpha value is -1.22. The van der Waals surface area contributed by atoms with E-state index in [9.17, 15) is 0 Å². The number of hydrogen-bond donors (Lipinski definition) is 1. The lowest BCUT2D eigenvalue weighted by molar-refractivity contribution is 0.250. The van der Waals surface area contributed by atoms with Crippen LogP contribution in [0.1, 0.15) is 20.3 Å². The van der Waals surface area contributed by atoms with Gasteiger partial charge in [-0.25, -0.2) is 0 Å². The normalized spacial score (nSPS) is 14.2. The summed E-state index contributed by atoms with van der Waals surface area (Å²) in [7, 11) is 1.65. The van der Waals surface area contributed by atoms with Crippen LogP contribution in [0.5, 0.6) is 11.5 Å². The van der Waals surface area contributed by atoms with E-state index in [2.05, 4.69) is 13.8 Å². The summed E-state index contributed by atoms with van der Waals surface area (Å²) in [6.45, 7) is 4.83. The number of hydrogen-bond acceptors (Lipinski definition) is 3. The molecule has 0 amide bonds. The monoisotopic (exact) mass is 223 g/mol. The molecule has 3 nitrogen and oxygen atoms in total. The molecule has 0 aliphatic heterocycles. The third kappa shape index (κ3) is 3.74. The highest BCUT2D eigenvalue weighted by molar-refractivity contribution is 5.31. The minimum Gasteiger partial charge on any atom is -0.497 e. The lowest BCUT2D eigenvalue weighted by atomic mass is 10.0. The molecular formula is C13H21NO2. The van der Waals surface area contributed by atoms with Crippen molar-refractivity contribution in [1.29, 1.82) is 0 Å². The topological polar surface area (TPSA) is 44.5 Å². The van der Waals surface area contributed by atoms with Crippen LogP contribution in [-0.4, -0.2) is 19.8 Å². The second-order valence-corrected chi connectivity index (χ2v) is 4.04. The van der Waals surface area contributed by atoms with Crippen molar-refractivity contribution in [3.05, 3.63) is 24.3 Å². The Balaban J connectivity index is 2.42. The third-order valence-electron chi connectivity index (χ3n) is 2.88. The maximum atomic E-state index is 5.98. The van der Waals surface area contributed by atoms with Gasteiger partial charge in [0.2, 0.25) is 0 Å². The van der Waals surface area contributed by atoms with Crippen LogP contribution in [0.15, 0.2) is 24.3 Å². The van der Waals surface area contributed by atoms with Crippen LogP contribution < -0.4 is 15.2 Å². The van der Waals surface area contributed by atoms with Crippen LogP contribution in [0.3, 0.4) is 0 Å². The van der Waals surface area contributed by atoms with Gasteiger partial charge in [0.15, 0.2) is 0 Å². The highest BCUT2D eigenvalue weighted by Gasteiger charge is 2.11. The van der Waals surface area contributed by atoms with Crippen LogP contribution in [0.2, 0.25) is 0 Å². The van der Waals surface area contributed by atoms with Gasteiger partial charge in [0, 0.05) is 6.04 Å². The molecule has 0 fully saturated rings. The lowest BCUT2D eigenvalue weighted by Gasteiger charge is -2.18. The molecule has 0 bridgehead atoms. The summed E-state index contributed by atoms with van der Waals surface area (Å²) in [5, 5.41) is 0. The smallest absolute Gasteiger partial charge is 0.119 e. The zero-order valence-electron chi connectivity index (χ0n) is 10.3. The van der Waals surface area contributed by atoms with Crippen molar-refractivity contribution in [3.63, 3.8) is 0 Å². The summed E-state index contributed by atoms with van der Waals surface area (Å²) in [5.74, 6) is 2.15. The number of benzene rings is 1. The van der Waals surface area contributed by atoms with E-state index in [1.54, 1.807) is 7.11 Å². The second-order valence-electron chi connectivity index (χ2n) is 4.04. The average molecular weight is 223 g/mol. The Labute approximate surface area is 97.6 Å². The van der Waals surface area contributed by atoms with Crippen molar-refractivity contribution < 1.29 is 9.47 Å². The molecule has 90 valence electrons. The van der Waals surface area contributed by atoms with Gasteiger partial charge in [-0.15, -0.1) is 0 Å². The van der Waals surface area contributed by atoms with E-state index in [1.165, 1.54) is 0 Å². The van der Waals surface area contributed by atoms with Crippen molar-refractivity contribution in [2.75, 3.05) is 13.7 Å². The minimum absolute atomic E-state index is 0.0899. The van der Waals surface area contributed by atoms with Crippen molar-refractivity contribution in [1.82, 2.24) is 0 Å². The Kier molecular flexibility index (Phi) is 5.12. The Morgan fingerprint density at radius 2 is 1.75 bits per heavy atom. The molecule has 2 unspecified atom stereocenters. The van der Waals surface area contributed by atoms with Gasteiger partial charge in [0.1, 0.15) is 18.1 Å². The molecule has 0 aliphatic rings. The van der Waals surface area contributed by atoms with Gasteiger partial charge in [-0.3, -0.25) is 0 Å². The van der Waals surface area contributed by atoms with Crippen molar-refractivity contribution in [2.45, 2.75) is 26.3 Å². The minimum atomic E-state index is 0.0899. The van der Waals surface area contributed by atoms with Crippen LogP contribution in [0, 0.1) is 5.92 Å². The van der Waals surface area contributed by atoms with E-state index < -0.39 is 0 Å². The summed E-state index contributed by atoms with van der Waals surface area (Å²) >= 11 is 0. The first-order valence-electron chi connectivity index (χ1n) is 5.69. The molecule has 0 saturated heterocycles. The molecule has 1 rings (SSSR count). The van der Waals surface area contributed by atoms with Gasteiger partial charge in [-0.05, 0) is 30.2 Å². The predicted molar refractivity (Wildman–Crippen MR) is 65.9 cm³/mol. The fourth-order valence-corrected chi connectivity index (χ4v) is 1.33. The molecule has 0 aliphatic carbocycles. The third-order valence-corrected chi connectivity index (χ3v) is 2.88. The Morgan fingerprint density at radius 1 is 1.19 bits per heavy atom. The molecule has 0 aromatic heterocycles. The Morgan fingerprint density at radius 3 is 2.25 bits per heavy atom. The van der Waals surface area contributed by atoms with Gasteiger partial charge < -0.3 is 15.2 Å². The quantitative estimate of drug-likeness (QED) is 0.805. The number of methoxy groups -OCH3 is 1. The van der Waals surface area contributed by atoms with Crippen LogP contribution in [0.25, 0.3) is 0 Å². The molecule has 1 aromatic rings. The molecule has 0 spiro atoms. The van der Waals surface area contributed by atoms with Crippen molar-refractivity contribution >= 4 is 0 Å². The maximum Gasteiger partial charge on any atom is 0.119 e. The fourth-order valence-electron chi connectivity index (χ4n) is 1.33. The number of nitrogens with two attached hydrogens (primary N) is 1. The summed E-state index contributed by atoms with van der Waals surface area (Å²) in [6, 6.07) is 7.63. The molecule has 0 radical (unpaired) electrons.